The average Bonchev–Trinajstić information content (AvgIpc) is 3.46. The van der Waals surface area contributed by atoms with Crippen LogP contribution in [0.25, 0.3) is 11.3 Å². The fourth-order valence-electron chi connectivity index (χ4n) is 6.84. The molecule has 1 spiro atoms. The number of carbonyl (C=O) groups is 1. The zero-order valence-corrected chi connectivity index (χ0v) is 22.2. The highest BCUT2D eigenvalue weighted by atomic mass is 16.3. The number of hydrogen-bond donors (Lipinski definition) is 2. The average molecular weight is 529 g/mol. The summed E-state index contributed by atoms with van der Waals surface area (Å²) in [5, 5.41) is 15.6. The molecule has 1 aromatic carbocycles. The standard InChI is InChI=1S/C30H36N6O3/c37-27-17-25(23-7-2-1-3-8-23)33-22-35(27)21-30(39)12-15-34(20-29(30)10-4-5-11-29)28(38)36-16-14-32-19-26(36)24-9-6-13-31-18-24/h1-3,6-9,13,17-18,22,26,32,39H,4-5,10-12,14-16,19-21H2. The van der Waals surface area contributed by atoms with Crippen molar-refractivity contribution in [1.82, 2.24) is 29.7 Å². The number of piperazine rings is 1. The van der Waals surface area contributed by atoms with Crippen molar-refractivity contribution in [2.75, 3.05) is 32.7 Å². The molecule has 6 rings (SSSR count). The van der Waals surface area contributed by atoms with E-state index in [4.69, 9.17) is 0 Å². The van der Waals surface area contributed by atoms with E-state index in [-0.39, 0.29) is 24.2 Å². The lowest BCUT2D eigenvalue weighted by Gasteiger charge is -2.53. The normalized spacial score (nSPS) is 24.7. The lowest BCUT2D eigenvalue weighted by atomic mass is 9.66. The first-order valence-corrected chi connectivity index (χ1v) is 14.0. The van der Waals surface area contributed by atoms with E-state index in [9.17, 15) is 14.7 Å². The first-order chi connectivity index (χ1) is 19.0. The lowest BCUT2D eigenvalue weighted by molar-refractivity contribution is -0.137. The molecular weight excluding hydrogens is 492 g/mol. The van der Waals surface area contributed by atoms with Gasteiger partial charge in [0, 0.05) is 62.2 Å². The number of amides is 2. The minimum Gasteiger partial charge on any atom is -0.387 e. The number of benzene rings is 1. The molecule has 2 aliphatic heterocycles. The quantitative estimate of drug-likeness (QED) is 0.540. The van der Waals surface area contributed by atoms with E-state index in [1.54, 1.807) is 23.2 Å². The van der Waals surface area contributed by atoms with E-state index in [1.807, 2.05) is 58.5 Å². The van der Waals surface area contributed by atoms with Gasteiger partial charge in [0.2, 0.25) is 0 Å². The van der Waals surface area contributed by atoms with Crippen LogP contribution in [-0.2, 0) is 6.54 Å². The highest BCUT2D eigenvalue weighted by Crippen LogP contribution is 2.51. The summed E-state index contributed by atoms with van der Waals surface area (Å²) in [7, 11) is 0. The molecule has 9 heteroatoms. The molecule has 2 unspecified atom stereocenters. The number of rotatable bonds is 4. The Morgan fingerprint density at radius 1 is 1.08 bits per heavy atom. The van der Waals surface area contributed by atoms with Crippen LogP contribution < -0.4 is 10.9 Å². The SMILES string of the molecule is O=C(N1CCC(O)(Cn2cnc(-c3ccccc3)cc2=O)C2(CCCC2)C1)N1CCNCC1c1cccnc1. The minimum atomic E-state index is -1.09. The van der Waals surface area contributed by atoms with Crippen LogP contribution in [0.4, 0.5) is 4.79 Å². The number of nitrogens with zero attached hydrogens (tertiary/aromatic N) is 5. The van der Waals surface area contributed by atoms with Crippen LogP contribution >= 0.6 is 0 Å². The molecule has 3 fully saturated rings. The Morgan fingerprint density at radius 3 is 2.64 bits per heavy atom. The Balaban J connectivity index is 1.23. The second kappa shape index (κ2) is 10.5. The summed E-state index contributed by atoms with van der Waals surface area (Å²) in [4.78, 5) is 39.7. The van der Waals surface area contributed by atoms with Crippen LogP contribution in [0.15, 0.2) is 72.0 Å². The Morgan fingerprint density at radius 2 is 1.90 bits per heavy atom. The van der Waals surface area contributed by atoms with Crippen molar-refractivity contribution in [3.05, 3.63) is 83.2 Å². The largest absolute Gasteiger partial charge is 0.387 e. The smallest absolute Gasteiger partial charge is 0.320 e. The van der Waals surface area contributed by atoms with Gasteiger partial charge in [0.05, 0.1) is 30.2 Å². The fraction of sp³-hybridized carbons (Fsp3) is 0.467. The summed E-state index contributed by atoms with van der Waals surface area (Å²) in [6, 6.07) is 15.0. The number of urea groups is 1. The van der Waals surface area contributed by atoms with Crippen LogP contribution in [0.5, 0.6) is 0 Å². The molecule has 1 aliphatic carbocycles. The van der Waals surface area contributed by atoms with E-state index < -0.39 is 11.0 Å². The molecule has 4 heterocycles. The molecule has 2 saturated heterocycles. The molecule has 0 bridgehead atoms. The summed E-state index contributed by atoms with van der Waals surface area (Å²) >= 11 is 0. The van der Waals surface area contributed by atoms with Gasteiger partial charge in [0.15, 0.2) is 0 Å². The Bertz CT molecular complexity index is 1360. The monoisotopic (exact) mass is 528 g/mol. The maximum Gasteiger partial charge on any atom is 0.320 e. The van der Waals surface area contributed by atoms with E-state index >= 15 is 0 Å². The molecule has 3 aliphatic rings. The number of nitrogens with one attached hydrogen (secondary N) is 1. The maximum atomic E-state index is 13.9. The fourth-order valence-corrected chi connectivity index (χ4v) is 6.84. The molecule has 9 nitrogen and oxygen atoms in total. The lowest BCUT2D eigenvalue weighted by Crippen LogP contribution is -2.64. The molecule has 2 N–H and O–H groups in total. The molecule has 2 atom stereocenters. The summed E-state index contributed by atoms with van der Waals surface area (Å²) in [5.74, 6) is 0. The van der Waals surface area contributed by atoms with Crippen molar-refractivity contribution in [2.45, 2.75) is 50.3 Å². The van der Waals surface area contributed by atoms with E-state index in [0.29, 0.717) is 38.3 Å². The van der Waals surface area contributed by atoms with E-state index in [0.717, 1.165) is 43.4 Å². The zero-order valence-electron chi connectivity index (χ0n) is 22.2. The molecular formula is C30H36N6O3. The number of piperidine rings is 1. The number of pyridine rings is 1. The zero-order chi connectivity index (χ0) is 26.9. The summed E-state index contributed by atoms with van der Waals surface area (Å²) in [5.41, 5.74) is 0.816. The van der Waals surface area contributed by atoms with Crippen LogP contribution in [0.1, 0.15) is 43.7 Å². The van der Waals surface area contributed by atoms with Crippen molar-refractivity contribution in [3.63, 3.8) is 0 Å². The predicted octanol–water partition coefficient (Wildman–Crippen LogP) is 3.07. The number of likely N-dealkylation sites (tertiary alicyclic amines) is 1. The van der Waals surface area contributed by atoms with Gasteiger partial charge in [0.25, 0.3) is 5.56 Å². The van der Waals surface area contributed by atoms with Gasteiger partial charge in [-0.05, 0) is 30.9 Å². The second-order valence-corrected chi connectivity index (χ2v) is 11.3. The van der Waals surface area contributed by atoms with Crippen molar-refractivity contribution < 1.29 is 9.90 Å². The van der Waals surface area contributed by atoms with Gasteiger partial charge in [-0.2, -0.15) is 0 Å². The molecule has 0 radical (unpaired) electrons. The summed E-state index contributed by atoms with van der Waals surface area (Å²) in [6.45, 7) is 3.19. The van der Waals surface area contributed by atoms with Crippen molar-refractivity contribution >= 4 is 6.03 Å². The Labute approximate surface area is 228 Å². The van der Waals surface area contributed by atoms with Gasteiger partial charge >= 0.3 is 6.03 Å². The third kappa shape index (κ3) is 4.85. The van der Waals surface area contributed by atoms with Gasteiger partial charge in [-0.1, -0.05) is 49.2 Å². The molecule has 1 saturated carbocycles. The van der Waals surface area contributed by atoms with E-state index in [2.05, 4.69) is 15.3 Å². The highest BCUT2D eigenvalue weighted by Gasteiger charge is 2.56. The van der Waals surface area contributed by atoms with Crippen LogP contribution in [0, 0.1) is 5.41 Å². The second-order valence-electron chi connectivity index (χ2n) is 11.3. The number of carbonyl (C=O) groups excluding carboxylic acids is 1. The first kappa shape index (κ1) is 25.7. The molecule has 2 amide bonds. The molecule has 39 heavy (non-hydrogen) atoms. The first-order valence-electron chi connectivity index (χ1n) is 14.0. The Hall–Kier alpha value is -3.56. The molecule has 204 valence electrons. The van der Waals surface area contributed by atoms with Crippen LogP contribution in [0.3, 0.4) is 0 Å². The number of aromatic nitrogens is 3. The van der Waals surface area contributed by atoms with Crippen LogP contribution in [-0.4, -0.2) is 73.8 Å². The number of hydrogen-bond acceptors (Lipinski definition) is 6. The third-order valence-electron chi connectivity index (χ3n) is 9.05. The van der Waals surface area contributed by atoms with Crippen molar-refractivity contribution in [2.24, 2.45) is 5.41 Å². The van der Waals surface area contributed by atoms with Crippen molar-refractivity contribution in [1.29, 1.82) is 0 Å². The topological polar surface area (TPSA) is 104 Å². The predicted molar refractivity (Wildman–Crippen MR) is 148 cm³/mol. The van der Waals surface area contributed by atoms with E-state index in [1.165, 1.54) is 0 Å². The highest BCUT2D eigenvalue weighted by molar-refractivity contribution is 5.75. The van der Waals surface area contributed by atoms with Gasteiger partial charge < -0.3 is 20.2 Å². The maximum absolute atomic E-state index is 13.9. The van der Waals surface area contributed by atoms with Gasteiger partial charge in [0.1, 0.15) is 0 Å². The van der Waals surface area contributed by atoms with Gasteiger partial charge in [-0.3, -0.25) is 14.3 Å². The minimum absolute atomic E-state index is 0.0183. The van der Waals surface area contributed by atoms with Crippen molar-refractivity contribution in [3.8, 4) is 11.3 Å². The molecule has 3 aromatic rings. The van der Waals surface area contributed by atoms with Gasteiger partial charge in [-0.25, -0.2) is 9.78 Å². The van der Waals surface area contributed by atoms with Crippen LogP contribution in [0.2, 0.25) is 0 Å². The molecule has 2 aromatic heterocycles. The summed E-state index contributed by atoms with van der Waals surface area (Å²) in [6.07, 6.45) is 9.26. The third-order valence-corrected chi connectivity index (χ3v) is 9.05. The Kier molecular flexibility index (Phi) is 6.95. The number of aliphatic hydroxyl groups is 1. The van der Waals surface area contributed by atoms with Gasteiger partial charge in [-0.15, -0.1) is 0 Å². The summed E-state index contributed by atoms with van der Waals surface area (Å²) < 4.78 is 1.54.